The van der Waals surface area contributed by atoms with E-state index < -0.39 is 10.0 Å². The fraction of sp³-hybridized carbons (Fsp3) is 0.312. The highest BCUT2D eigenvalue weighted by Crippen LogP contribution is 2.19. The van der Waals surface area contributed by atoms with Crippen LogP contribution in [0.1, 0.15) is 6.92 Å². The van der Waals surface area contributed by atoms with Crippen LogP contribution >= 0.6 is 11.3 Å². The summed E-state index contributed by atoms with van der Waals surface area (Å²) in [6.45, 7) is 2.59. The average molecular weight is 365 g/mol. The molecule has 0 spiro atoms. The van der Waals surface area contributed by atoms with Gasteiger partial charge < -0.3 is 10.2 Å². The topological polar surface area (TPSA) is 78.5 Å². The zero-order chi connectivity index (χ0) is 17.2. The summed E-state index contributed by atoms with van der Waals surface area (Å²) < 4.78 is 27.2. The SMILES string of the molecule is CC(Nc1ccccc1)C(=O)N1CC(NS(=O)(=O)c2cccs2)C1. The molecule has 0 bridgehead atoms. The summed E-state index contributed by atoms with van der Waals surface area (Å²) in [7, 11) is -3.48. The molecule has 6 nitrogen and oxygen atoms in total. The normalized spacial score (nSPS) is 16.5. The van der Waals surface area contributed by atoms with E-state index in [1.165, 1.54) is 11.3 Å². The van der Waals surface area contributed by atoms with E-state index in [0.29, 0.717) is 17.3 Å². The summed E-state index contributed by atoms with van der Waals surface area (Å²) in [5.41, 5.74) is 0.883. The highest BCUT2D eigenvalue weighted by Gasteiger charge is 2.35. The molecule has 1 unspecified atom stereocenters. The summed E-state index contributed by atoms with van der Waals surface area (Å²) in [6, 6.07) is 12.2. The predicted octanol–water partition coefficient (Wildman–Crippen LogP) is 1.74. The first-order valence-corrected chi connectivity index (χ1v) is 9.98. The molecular weight excluding hydrogens is 346 g/mol. The fourth-order valence-corrected chi connectivity index (χ4v) is 4.77. The fourth-order valence-electron chi connectivity index (χ4n) is 2.55. The Bertz CT molecular complexity index is 785. The van der Waals surface area contributed by atoms with Gasteiger partial charge in [0.25, 0.3) is 0 Å². The zero-order valence-corrected chi connectivity index (χ0v) is 14.8. The van der Waals surface area contributed by atoms with Gasteiger partial charge >= 0.3 is 0 Å². The van der Waals surface area contributed by atoms with Gasteiger partial charge in [0.15, 0.2) is 0 Å². The summed E-state index contributed by atoms with van der Waals surface area (Å²) in [6.07, 6.45) is 0. The van der Waals surface area contributed by atoms with Gasteiger partial charge in [-0.3, -0.25) is 4.79 Å². The number of rotatable bonds is 6. The first kappa shape index (κ1) is 16.9. The lowest BCUT2D eigenvalue weighted by Gasteiger charge is -2.40. The minimum atomic E-state index is -3.48. The number of carbonyl (C=O) groups excluding carboxylic acids is 1. The minimum Gasteiger partial charge on any atom is -0.374 e. The molecule has 2 aromatic rings. The van der Waals surface area contributed by atoms with Crippen LogP contribution in [-0.2, 0) is 14.8 Å². The summed E-state index contributed by atoms with van der Waals surface area (Å²) in [5.74, 6) is -0.0366. The summed E-state index contributed by atoms with van der Waals surface area (Å²) in [4.78, 5) is 14.0. The van der Waals surface area contributed by atoms with Crippen LogP contribution < -0.4 is 10.0 Å². The molecule has 1 saturated heterocycles. The molecule has 1 fully saturated rings. The van der Waals surface area contributed by atoms with Crippen LogP contribution in [-0.4, -0.2) is 44.4 Å². The number of anilines is 1. The number of thiophene rings is 1. The Hall–Kier alpha value is -1.90. The quantitative estimate of drug-likeness (QED) is 0.817. The van der Waals surface area contributed by atoms with Gasteiger partial charge in [0.2, 0.25) is 15.9 Å². The van der Waals surface area contributed by atoms with Crippen LogP contribution in [0.15, 0.2) is 52.1 Å². The van der Waals surface area contributed by atoms with Gasteiger partial charge in [-0.15, -0.1) is 11.3 Å². The van der Waals surface area contributed by atoms with Crippen LogP contribution in [0.3, 0.4) is 0 Å². The Labute approximate surface area is 145 Å². The minimum absolute atomic E-state index is 0.0366. The molecule has 1 atom stereocenters. The van der Waals surface area contributed by atoms with Crippen LogP contribution in [0.4, 0.5) is 5.69 Å². The van der Waals surface area contributed by atoms with Crippen LogP contribution in [0.5, 0.6) is 0 Å². The summed E-state index contributed by atoms with van der Waals surface area (Å²) >= 11 is 1.18. The molecule has 1 aromatic carbocycles. The Morgan fingerprint density at radius 1 is 1.21 bits per heavy atom. The lowest BCUT2D eigenvalue weighted by molar-refractivity contribution is -0.136. The Morgan fingerprint density at radius 2 is 1.92 bits per heavy atom. The van der Waals surface area contributed by atoms with Crippen molar-refractivity contribution in [2.75, 3.05) is 18.4 Å². The molecule has 2 N–H and O–H groups in total. The molecule has 1 aromatic heterocycles. The number of nitrogens with zero attached hydrogens (tertiary/aromatic N) is 1. The van der Waals surface area contributed by atoms with Gasteiger partial charge in [-0.25, -0.2) is 13.1 Å². The standard InChI is InChI=1S/C16H19N3O3S2/c1-12(17-13-6-3-2-4-7-13)16(20)19-10-14(11-19)18-24(21,22)15-8-5-9-23-15/h2-9,12,14,17-18H,10-11H2,1H3. The second-order valence-corrected chi connectivity index (χ2v) is 8.61. The molecule has 0 radical (unpaired) electrons. The van der Waals surface area contributed by atoms with Crippen molar-refractivity contribution in [2.45, 2.75) is 23.2 Å². The van der Waals surface area contributed by atoms with Gasteiger partial charge in [0, 0.05) is 18.8 Å². The van der Waals surface area contributed by atoms with E-state index in [1.807, 2.05) is 30.3 Å². The van der Waals surface area contributed by atoms with Crippen molar-refractivity contribution in [1.29, 1.82) is 0 Å². The maximum Gasteiger partial charge on any atom is 0.250 e. The second-order valence-electron chi connectivity index (χ2n) is 5.73. The highest BCUT2D eigenvalue weighted by molar-refractivity contribution is 7.91. The number of benzene rings is 1. The smallest absolute Gasteiger partial charge is 0.250 e. The molecular formula is C16H19N3O3S2. The lowest BCUT2D eigenvalue weighted by atomic mass is 10.1. The molecule has 8 heteroatoms. The van der Waals surface area contributed by atoms with Crippen molar-refractivity contribution in [3.63, 3.8) is 0 Å². The van der Waals surface area contributed by atoms with Crippen molar-refractivity contribution < 1.29 is 13.2 Å². The molecule has 2 heterocycles. The highest BCUT2D eigenvalue weighted by atomic mass is 32.2. The Balaban J connectivity index is 1.50. The van der Waals surface area contributed by atoms with Crippen molar-refractivity contribution in [1.82, 2.24) is 9.62 Å². The number of para-hydroxylation sites is 1. The zero-order valence-electron chi connectivity index (χ0n) is 13.2. The van der Waals surface area contributed by atoms with E-state index in [4.69, 9.17) is 0 Å². The Morgan fingerprint density at radius 3 is 2.54 bits per heavy atom. The van der Waals surface area contributed by atoms with E-state index in [-0.39, 0.29) is 18.0 Å². The van der Waals surface area contributed by atoms with Gasteiger partial charge in [0.1, 0.15) is 10.3 Å². The first-order chi connectivity index (χ1) is 11.5. The monoisotopic (exact) mass is 365 g/mol. The third kappa shape index (κ3) is 3.77. The maximum absolute atomic E-state index is 12.4. The number of nitrogens with one attached hydrogen (secondary N) is 2. The van der Waals surface area contributed by atoms with Crippen LogP contribution in [0, 0.1) is 0 Å². The predicted molar refractivity (Wildman–Crippen MR) is 94.5 cm³/mol. The molecule has 24 heavy (non-hydrogen) atoms. The second kappa shape index (κ2) is 6.92. The molecule has 1 amide bonds. The van der Waals surface area contributed by atoms with Gasteiger partial charge in [-0.05, 0) is 30.5 Å². The molecule has 1 aliphatic heterocycles. The van der Waals surface area contributed by atoms with E-state index in [9.17, 15) is 13.2 Å². The van der Waals surface area contributed by atoms with Gasteiger partial charge in [-0.1, -0.05) is 24.3 Å². The number of carbonyl (C=O) groups is 1. The molecule has 3 rings (SSSR count). The van der Waals surface area contributed by atoms with E-state index in [0.717, 1.165) is 5.69 Å². The maximum atomic E-state index is 12.4. The third-order valence-corrected chi connectivity index (χ3v) is 6.72. The molecule has 128 valence electrons. The first-order valence-electron chi connectivity index (χ1n) is 7.62. The molecule has 0 saturated carbocycles. The molecule has 0 aliphatic carbocycles. The number of sulfonamides is 1. The third-order valence-electron chi connectivity index (χ3n) is 3.80. The van der Waals surface area contributed by atoms with Crippen molar-refractivity contribution in [3.8, 4) is 0 Å². The van der Waals surface area contributed by atoms with Crippen molar-refractivity contribution >= 4 is 33.0 Å². The number of hydrogen-bond acceptors (Lipinski definition) is 5. The summed E-state index contributed by atoms with van der Waals surface area (Å²) in [5, 5.41) is 4.87. The van der Waals surface area contributed by atoms with Crippen molar-refractivity contribution in [2.24, 2.45) is 0 Å². The number of amides is 1. The lowest BCUT2D eigenvalue weighted by Crippen LogP contribution is -2.62. The number of likely N-dealkylation sites (tertiary alicyclic amines) is 1. The van der Waals surface area contributed by atoms with Crippen LogP contribution in [0.2, 0.25) is 0 Å². The van der Waals surface area contributed by atoms with Crippen LogP contribution in [0.25, 0.3) is 0 Å². The van der Waals surface area contributed by atoms with Crippen molar-refractivity contribution in [3.05, 3.63) is 47.8 Å². The van der Waals surface area contributed by atoms with E-state index >= 15 is 0 Å². The largest absolute Gasteiger partial charge is 0.374 e. The Kier molecular flexibility index (Phi) is 4.88. The molecule has 1 aliphatic rings. The van der Waals surface area contributed by atoms with E-state index in [2.05, 4.69) is 10.0 Å². The average Bonchev–Trinajstić information content (AvgIpc) is 3.06. The van der Waals surface area contributed by atoms with E-state index in [1.54, 1.807) is 29.3 Å². The van der Waals surface area contributed by atoms with Gasteiger partial charge in [0.05, 0.1) is 6.04 Å². The van der Waals surface area contributed by atoms with Gasteiger partial charge in [-0.2, -0.15) is 0 Å². The number of hydrogen-bond donors (Lipinski definition) is 2.